The van der Waals surface area contributed by atoms with E-state index in [0.29, 0.717) is 6.61 Å². The van der Waals surface area contributed by atoms with Crippen LogP contribution >= 0.6 is 11.8 Å². The average Bonchev–Trinajstić information content (AvgIpc) is 2.01. The molecule has 0 saturated carbocycles. The Kier molecular flexibility index (Phi) is 6.20. The van der Waals surface area contributed by atoms with Crippen molar-refractivity contribution < 1.29 is 14.3 Å². The Morgan fingerprint density at radius 1 is 1.43 bits per heavy atom. The van der Waals surface area contributed by atoms with E-state index in [2.05, 4.69) is 0 Å². The van der Waals surface area contributed by atoms with Crippen molar-refractivity contribution in [3.63, 3.8) is 0 Å². The number of hydrogen-bond donors (Lipinski definition) is 0. The zero-order valence-corrected chi connectivity index (χ0v) is 10.4. The van der Waals surface area contributed by atoms with Crippen LogP contribution < -0.4 is 0 Å². The lowest BCUT2D eigenvalue weighted by Crippen LogP contribution is -2.29. The van der Waals surface area contributed by atoms with E-state index in [-0.39, 0.29) is 11.2 Å². The molecule has 0 aromatic rings. The van der Waals surface area contributed by atoms with Crippen LogP contribution in [-0.2, 0) is 14.3 Å². The summed E-state index contributed by atoms with van der Waals surface area (Å²) in [6.45, 7) is 8.14. The second kappa shape index (κ2) is 6.30. The van der Waals surface area contributed by atoms with Gasteiger partial charge in [0.1, 0.15) is 5.60 Å². The van der Waals surface area contributed by atoms with E-state index in [4.69, 9.17) is 9.47 Å². The first kappa shape index (κ1) is 13.8. The molecule has 0 heterocycles. The Bertz CT molecular complexity index is 175. The first-order chi connectivity index (χ1) is 6.37. The largest absolute Gasteiger partial charge is 0.459 e. The molecule has 0 amide bonds. The van der Waals surface area contributed by atoms with E-state index in [0.717, 1.165) is 5.75 Å². The molecule has 1 unspecified atom stereocenters. The molecule has 0 bridgehead atoms. The summed E-state index contributed by atoms with van der Waals surface area (Å²) in [6, 6.07) is 0. The molecule has 0 spiro atoms. The predicted octanol–water partition coefficient (Wildman–Crippen LogP) is 2.10. The third-order valence-corrected chi connectivity index (χ3v) is 2.49. The highest BCUT2D eigenvalue weighted by Crippen LogP contribution is 2.16. The minimum atomic E-state index is -0.396. The second-order valence-electron chi connectivity index (χ2n) is 4.04. The van der Waals surface area contributed by atoms with Crippen LogP contribution in [0.4, 0.5) is 0 Å². The van der Waals surface area contributed by atoms with Gasteiger partial charge in [0.05, 0.1) is 11.9 Å². The molecule has 14 heavy (non-hydrogen) atoms. The van der Waals surface area contributed by atoms with Crippen LogP contribution in [0, 0.1) is 0 Å². The molecule has 0 aromatic carbocycles. The third-order valence-electron chi connectivity index (χ3n) is 1.39. The molecular weight excluding hydrogens is 200 g/mol. The number of esters is 1. The summed E-state index contributed by atoms with van der Waals surface area (Å²) in [6.07, 6.45) is 0. The lowest BCUT2D eigenvalue weighted by molar-refractivity contribution is -0.153. The smallest absolute Gasteiger partial charge is 0.319 e. The molecule has 0 aliphatic rings. The number of ether oxygens (including phenoxy) is 2. The Hall–Kier alpha value is -0.220. The van der Waals surface area contributed by atoms with Crippen molar-refractivity contribution in [1.82, 2.24) is 0 Å². The fourth-order valence-corrected chi connectivity index (χ4v) is 1.56. The topological polar surface area (TPSA) is 35.5 Å². The number of carbonyl (C=O) groups is 1. The maximum Gasteiger partial charge on any atom is 0.319 e. The van der Waals surface area contributed by atoms with E-state index in [9.17, 15) is 4.79 Å². The number of carbonyl (C=O) groups excluding carboxylic acids is 1. The Morgan fingerprint density at radius 2 is 2.00 bits per heavy atom. The number of rotatable bonds is 5. The third kappa shape index (κ3) is 7.21. The number of thioether (sulfide) groups is 1. The standard InChI is InChI=1S/C10H20O3S/c1-8(14-7-6-12-5)9(11)13-10(2,3)4/h8H,6-7H2,1-5H3. The van der Waals surface area contributed by atoms with Gasteiger partial charge in [-0.25, -0.2) is 0 Å². The highest BCUT2D eigenvalue weighted by molar-refractivity contribution is 8.00. The van der Waals surface area contributed by atoms with Gasteiger partial charge in [-0.05, 0) is 27.7 Å². The zero-order chi connectivity index (χ0) is 11.2. The quantitative estimate of drug-likeness (QED) is 0.525. The lowest BCUT2D eigenvalue weighted by atomic mass is 10.2. The van der Waals surface area contributed by atoms with E-state index in [1.807, 2.05) is 27.7 Å². The van der Waals surface area contributed by atoms with E-state index in [1.165, 1.54) is 0 Å². The van der Waals surface area contributed by atoms with Gasteiger partial charge < -0.3 is 9.47 Å². The van der Waals surface area contributed by atoms with E-state index < -0.39 is 5.60 Å². The van der Waals surface area contributed by atoms with Crippen molar-refractivity contribution >= 4 is 17.7 Å². The van der Waals surface area contributed by atoms with Crippen molar-refractivity contribution in [3.05, 3.63) is 0 Å². The molecule has 1 atom stereocenters. The highest BCUT2D eigenvalue weighted by Gasteiger charge is 2.21. The predicted molar refractivity (Wildman–Crippen MR) is 59.6 cm³/mol. The van der Waals surface area contributed by atoms with Crippen LogP contribution in [0.2, 0.25) is 0 Å². The van der Waals surface area contributed by atoms with E-state index >= 15 is 0 Å². The summed E-state index contributed by atoms with van der Waals surface area (Å²) < 4.78 is 10.1. The van der Waals surface area contributed by atoms with Crippen molar-refractivity contribution in [2.24, 2.45) is 0 Å². The van der Waals surface area contributed by atoms with Crippen LogP contribution in [0.25, 0.3) is 0 Å². The fraction of sp³-hybridized carbons (Fsp3) is 0.900. The van der Waals surface area contributed by atoms with Crippen LogP contribution in [0.3, 0.4) is 0 Å². The number of methoxy groups -OCH3 is 1. The van der Waals surface area contributed by atoms with Gasteiger partial charge in [0, 0.05) is 12.9 Å². The van der Waals surface area contributed by atoms with Crippen molar-refractivity contribution in [1.29, 1.82) is 0 Å². The lowest BCUT2D eigenvalue weighted by Gasteiger charge is -2.21. The van der Waals surface area contributed by atoms with Crippen LogP contribution in [-0.4, -0.2) is 36.3 Å². The summed E-state index contributed by atoms with van der Waals surface area (Å²) in [7, 11) is 1.65. The van der Waals surface area contributed by atoms with Crippen LogP contribution in [0.15, 0.2) is 0 Å². The van der Waals surface area contributed by atoms with Gasteiger partial charge in [-0.2, -0.15) is 0 Å². The fourth-order valence-electron chi connectivity index (χ4n) is 0.761. The highest BCUT2D eigenvalue weighted by atomic mass is 32.2. The molecule has 0 fully saturated rings. The van der Waals surface area contributed by atoms with Gasteiger partial charge in [0.15, 0.2) is 0 Å². The van der Waals surface area contributed by atoms with Gasteiger partial charge in [-0.3, -0.25) is 4.79 Å². The maximum absolute atomic E-state index is 11.5. The molecule has 0 aromatic heterocycles. The maximum atomic E-state index is 11.5. The molecule has 0 radical (unpaired) electrons. The minimum absolute atomic E-state index is 0.121. The SMILES string of the molecule is COCCSC(C)C(=O)OC(C)(C)C. The van der Waals surface area contributed by atoms with Crippen LogP contribution in [0.1, 0.15) is 27.7 Å². The van der Waals surface area contributed by atoms with Gasteiger partial charge in [-0.1, -0.05) is 0 Å². The monoisotopic (exact) mass is 220 g/mol. The molecule has 4 heteroatoms. The second-order valence-corrected chi connectivity index (χ2v) is 5.49. The van der Waals surface area contributed by atoms with Crippen LogP contribution in [0.5, 0.6) is 0 Å². The molecule has 3 nitrogen and oxygen atoms in total. The Labute approximate surface area is 90.5 Å². The average molecular weight is 220 g/mol. The first-order valence-corrected chi connectivity index (χ1v) is 5.75. The normalized spacial score (nSPS) is 13.8. The van der Waals surface area contributed by atoms with Crippen molar-refractivity contribution in [2.75, 3.05) is 19.5 Å². The zero-order valence-electron chi connectivity index (χ0n) is 9.62. The van der Waals surface area contributed by atoms with Crippen molar-refractivity contribution in [2.45, 2.75) is 38.5 Å². The van der Waals surface area contributed by atoms with Gasteiger partial charge >= 0.3 is 5.97 Å². The molecule has 0 N–H and O–H groups in total. The molecule has 0 aliphatic carbocycles. The number of hydrogen-bond acceptors (Lipinski definition) is 4. The summed E-state index contributed by atoms with van der Waals surface area (Å²) in [5, 5.41) is -0.121. The molecule has 0 rings (SSSR count). The van der Waals surface area contributed by atoms with E-state index in [1.54, 1.807) is 18.9 Å². The van der Waals surface area contributed by atoms with Gasteiger partial charge in [0.2, 0.25) is 0 Å². The molecular formula is C10H20O3S. The summed E-state index contributed by atoms with van der Waals surface area (Å²) in [5.41, 5.74) is -0.396. The summed E-state index contributed by atoms with van der Waals surface area (Å²) in [4.78, 5) is 11.5. The van der Waals surface area contributed by atoms with Crippen molar-refractivity contribution in [3.8, 4) is 0 Å². The van der Waals surface area contributed by atoms with Gasteiger partial charge in [-0.15, -0.1) is 11.8 Å². The molecule has 84 valence electrons. The minimum Gasteiger partial charge on any atom is -0.459 e. The summed E-state index contributed by atoms with van der Waals surface area (Å²) in [5.74, 6) is 0.662. The molecule has 0 saturated heterocycles. The Morgan fingerprint density at radius 3 is 2.43 bits per heavy atom. The first-order valence-electron chi connectivity index (χ1n) is 4.70. The van der Waals surface area contributed by atoms with Gasteiger partial charge in [0.25, 0.3) is 0 Å². The molecule has 0 aliphatic heterocycles. The summed E-state index contributed by atoms with van der Waals surface area (Å²) >= 11 is 1.55. The Balaban J connectivity index is 3.77.